The van der Waals surface area contributed by atoms with Gasteiger partial charge in [-0.25, -0.2) is 4.98 Å². The normalized spacial score (nSPS) is 10.8. The minimum atomic E-state index is -0.191. The Hall–Kier alpha value is -1.32. The standard InChI is InChI=1S/C12H20N2O2/c1-4-5-11-13-6-7-14(11)8-12(15)16-9-10(2)3/h6-7,10H,4-5,8-9H2,1-3H3. The molecule has 1 aromatic heterocycles. The first-order valence-corrected chi connectivity index (χ1v) is 5.79. The third-order valence-electron chi connectivity index (χ3n) is 2.15. The Bertz CT molecular complexity index is 332. The average Bonchev–Trinajstić information content (AvgIpc) is 2.63. The second-order valence-corrected chi connectivity index (χ2v) is 4.30. The smallest absolute Gasteiger partial charge is 0.326 e. The fourth-order valence-electron chi connectivity index (χ4n) is 1.38. The van der Waals surface area contributed by atoms with Crippen molar-refractivity contribution >= 4 is 5.97 Å². The zero-order chi connectivity index (χ0) is 12.0. The first-order valence-electron chi connectivity index (χ1n) is 5.79. The van der Waals surface area contributed by atoms with Gasteiger partial charge in [-0.2, -0.15) is 0 Å². The Morgan fingerprint density at radius 2 is 2.31 bits per heavy atom. The van der Waals surface area contributed by atoms with Crippen molar-refractivity contribution in [2.75, 3.05) is 6.61 Å². The van der Waals surface area contributed by atoms with E-state index in [1.165, 1.54) is 0 Å². The second-order valence-electron chi connectivity index (χ2n) is 4.30. The van der Waals surface area contributed by atoms with E-state index in [-0.39, 0.29) is 12.5 Å². The van der Waals surface area contributed by atoms with E-state index in [0.717, 1.165) is 18.7 Å². The number of imidazole rings is 1. The van der Waals surface area contributed by atoms with Crippen LogP contribution < -0.4 is 0 Å². The Kier molecular flexibility index (Phi) is 5.02. The maximum atomic E-state index is 11.5. The number of carbonyl (C=O) groups excluding carboxylic acids is 1. The molecule has 0 saturated carbocycles. The molecule has 0 N–H and O–H groups in total. The van der Waals surface area contributed by atoms with E-state index >= 15 is 0 Å². The molecule has 0 aliphatic heterocycles. The van der Waals surface area contributed by atoms with E-state index in [1.54, 1.807) is 6.20 Å². The fourth-order valence-corrected chi connectivity index (χ4v) is 1.38. The molecule has 0 radical (unpaired) electrons. The first kappa shape index (κ1) is 12.7. The van der Waals surface area contributed by atoms with Gasteiger partial charge in [-0.15, -0.1) is 0 Å². The van der Waals surface area contributed by atoms with Crippen LogP contribution >= 0.6 is 0 Å². The van der Waals surface area contributed by atoms with Gasteiger partial charge in [0.05, 0.1) is 6.61 Å². The lowest BCUT2D eigenvalue weighted by Gasteiger charge is -2.09. The van der Waals surface area contributed by atoms with Gasteiger partial charge in [-0.1, -0.05) is 20.8 Å². The van der Waals surface area contributed by atoms with Crippen molar-refractivity contribution in [1.82, 2.24) is 9.55 Å². The van der Waals surface area contributed by atoms with Crippen LogP contribution in [-0.4, -0.2) is 22.1 Å². The van der Waals surface area contributed by atoms with Gasteiger partial charge < -0.3 is 9.30 Å². The molecule has 1 rings (SSSR count). The van der Waals surface area contributed by atoms with Crippen molar-refractivity contribution in [3.63, 3.8) is 0 Å². The Balaban J connectivity index is 2.46. The van der Waals surface area contributed by atoms with Crippen molar-refractivity contribution < 1.29 is 9.53 Å². The van der Waals surface area contributed by atoms with Crippen molar-refractivity contribution in [2.24, 2.45) is 5.92 Å². The third kappa shape index (κ3) is 4.04. The van der Waals surface area contributed by atoms with Crippen LogP contribution in [0.3, 0.4) is 0 Å². The van der Waals surface area contributed by atoms with E-state index < -0.39 is 0 Å². The highest BCUT2D eigenvalue weighted by Crippen LogP contribution is 2.02. The zero-order valence-electron chi connectivity index (χ0n) is 10.3. The van der Waals surface area contributed by atoms with Gasteiger partial charge in [0, 0.05) is 18.8 Å². The molecule has 0 atom stereocenters. The lowest BCUT2D eigenvalue weighted by molar-refractivity contribution is -0.145. The number of ether oxygens (including phenoxy) is 1. The van der Waals surface area contributed by atoms with Crippen LogP contribution in [0.5, 0.6) is 0 Å². The number of nitrogens with zero attached hydrogens (tertiary/aromatic N) is 2. The molecule has 1 aromatic rings. The van der Waals surface area contributed by atoms with E-state index in [0.29, 0.717) is 12.5 Å². The topological polar surface area (TPSA) is 44.1 Å². The van der Waals surface area contributed by atoms with Gasteiger partial charge >= 0.3 is 5.97 Å². The molecule has 0 aliphatic rings. The highest BCUT2D eigenvalue weighted by molar-refractivity contribution is 5.69. The van der Waals surface area contributed by atoms with Crippen LogP contribution in [0.25, 0.3) is 0 Å². The van der Waals surface area contributed by atoms with Gasteiger partial charge in [0.15, 0.2) is 0 Å². The molecule has 90 valence electrons. The van der Waals surface area contributed by atoms with Crippen LogP contribution in [0.2, 0.25) is 0 Å². The van der Waals surface area contributed by atoms with Gasteiger partial charge in [0.25, 0.3) is 0 Å². The van der Waals surface area contributed by atoms with Crippen molar-refractivity contribution in [3.8, 4) is 0 Å². The second kappa shape index (κ2) is 6.30. The Morgan fingerprint density at radius 1 is 1.56 bits per heavy atom. The summed E-state index contributed by atoms with van der Waals surface area (Å²) in [6.07, 6.45) is 5.46. The molecule has 0 spiro atoms. The lowest BCUT2D eigenvalue weighted by atomic mass is 10.2. The monoisotopic (exact) mass is 224 g/mol. The summed E-state index contributed by atoms with van der Waals surface area (Å²) in [4.78, 5) is 15.7. The quantitative estimate of drug-likeness (QED) is 0.694. The largest absolute Gasteiger partial charge is 0.464 e. The molecule has 0 bridgehead atoms. The van der Waals surface area contributed by atoms with Gasteiger partial charge in [0.2, 0.25) is 0 Å². The van der Waals surface area contributed by atoms with Gasteiger partial charge in [-0.05, 0) is 12.3 Å². The summed E-state index contributed by atoms with van der Waals surface area (Å²) in [6.45, 7) is 6.88. The average molecular weight is 224 g/mol. The minimum Gasteiger partial charge on any atom is -0.464 e. The van der Waals surface area contributed by atoms with Gasteiger partial charge in [0.1, 0.15) is 12.4 Å². The molecule has 1 heterocycles. The molecule has 0 aromatic carbocycles. The molecule has 0 aliphatic carbocycles. The number of aryl methyl sites for hydroxylation is 1. The molecule has 0 saturated heterocycles. The van der Waals surface area contributed by atoms with Crippen LogP contribution in [0, 0.1) is 5.92 Å². The predicted molar refractivity (Wildman–Crippen MR) is 62.0 cm³/mol. The van der Waals surface area contributed by atoms with Crippen LogP contribution in [-0.2, 0) is 22.5 Å². The van der Waals surface area contributed by atoms with Crippen molar-refractivity contribution in [3.05, 3.63) is 18.2 Å². The van der Waals surface area contributed by atoms with Crippen LogP contribution in [0.4, 0.5) is 0 Å². The predicted octanol–water partition coefficient (Wildman–Crippen LogP) is 2.03. The summed E-state index contributed by atoms with van der Waals surface area (Å²) in [7, 11) is 0. The number of aromatic nitrogens is 2. The summed E-state index contributed by atoms with van der Waals surface area (Å²) >= 11 is 0. The van der Waals surface area contributed by atoms with Gasteiger partial charge in [-0.3, -0.25) is 4.79 Å². The molecular formula is C12H20N2O2. The maximum Gasteiger partial charge on any atom is 0.326 e. The van der Waals surface area contributed by atoms with Crippen molar-refractivity contribution in [2.45, 2.75) is 40.2 Å². The summed E-state index contributed by atoms with van der Waals surface area (Å²) in [5.74, 6) is 1.13. The van der Waals surface area contributed by atoms with Crippen LogP contribution in [0.1, 0.15) is 33.0 Å². The number of carbonyl (C=O) groups is 1. The van der Waals surface area contributed by atoms with Crippen LogP contribution in [0.15, 0.2) is 12.4 Å². The molecular weight excluding hydrogens is 204 g/mol. The molecule has 0 amide bonds. The molecule has 4 heteroatoms. The Labute approximate surface area is 96.6 Å². The highest BCUT2D eigenvalue weighted by Gasteiger charge is 2.08. The van der Waals surface area contributed by atoms with E-state index in [9.17, 15) is 4.79 Å². The molecule has 16 heavy (non-hydrogen) atoms. The third-order valence-corrected chi connectivity index (χ3v) is 2.15. The first-order chi connectivity index (χ1) is 7.63. The lowest BCUT2D eigenvalue weighted by Crippen LogP contribution is -2.17. The Morgan fingerprint density at radius 3 is 2.94 bits per heavy atom. The SMILES string of the molecule is CCCc1nccn1CC(=O)OCC(C)C. The summed E-state index contributed by atoms with van der Waals surface area (Å²) < 4.78 is 6.98. The summed E-state index contributed by atoms with van der Waals surface area (Å²) in [6, 6.07) is 0. The van der Waals surface area contributed by atoms with E-state index in [1.807, 2.05) is 24.6 Å². The molecule has 4 nitrogen and oxygen atoms in total. The van der Waals surface area contributed by atoms with E-state index in [2.05, 4.69) is 11.9 Å². The number of esters is 1. The van der Waals surface area contributed by atoms with Crippen molar-refractivity contribution in [1.29, 1.82) is 0 Å². The maximum absolute atomic E-state index is 11.5. The zero-order valence-corrected chi connectivity index (χ0v) is 10.3. The summed E-state index contributed by atoms with van der Waals surface area (Å²) in [5.41, 5.74) is 0. The number of rotatable bonds is 6. The summed E-state index contributed by atoms with van der Waals surface area (Å²) in [5, 5.41) is 0. The fraction of sp³-hybridized carbons (Fsp3) is 0.667. The van der Waals surface area contributed by atoms with E-state index in [4.69, 9.17) is 4.74 Å². The highest BCUT2D eigenvalue weighted by atomic mass is 16.5. The minimum absolute atomic E-state index is 0.191. The molecule has 0 unspecified atom stereocenters. The number of hydrogen-bond acceptors (Lipinski definition) is 3. The number of hydrogen-bond donors (Lipinski definition) is 0. The molecule has 0 fully saturated rings.